The Balaban J connectivity index is 1.91. The van der Waals surface area contributed by atoms with Crippen molar-refractivity contribution in [2.45, 2.75) is 4.90 Å². The highest BCUT2D eigenvalue weighted by molar-refractivity contribution is 7.89. The number of halogens is 2. The Morgan fingerprint density at radius 2 is 2.05 bits per heavy atom. The second-order valence-corrected chi connectivity index (χ2v) is 6.83. The van der Waals surface area contributed by atoms with E-state index in [9.17, 15) is 8.42 Å². The summed E-state index contributed by atoms with van der Waals surface area (Å²) < 4.78 is 31.8. The molecule has 1 N–H and O–H groups in total. The lowest BCUT2D eigenvalue weighted by Gasteiger charge is -2.26. The zero-order valence-corrected chi connectivity index (χ0v) is 13.0. The van der Waals surface area contributed by atoms with Crippen molar-refractivity contribution in [2.24, 2.45) is 0 Å². The monoisotopic (exact) mass is 339 g/mol. The first-order chi connectivity index (χ1) is 9.49. The van der Waals surface area contributed by atoms with Crippen LogP contribution in [0.25, 0.3) is 0 Å². The van der Waals surface area contributed by atoms with E-state index in [2.05, 4.69) is 14.6 Å². The number of morpholine rings is 1. The van der Waals surface area contributed by atoms with E-state index in [1.165, 1.54) is 12.3 Å². The van der Waals surface area contributed by atoms with Gasteiger partial charge in [0.25, 0.3) is 0 Å². The first-order valence-electron chi connectivity index (χ1n) is 6.10. The third-order valence-corrected chi connectivity index (χ3v) is 5.02. The van der Waals surface area contributed by atoms with Gasteiger partial charge in [-0.3, -0.25) is 4.90 Å². The highest BCUT2D eigenvalue weighted by Gasteiger charge is 2.17. The van der Waals surface area contributed by atoms with E-state index in [1.54, 1.807) is 0 Å². The average Bonchev–Trinajstić information content (AvgIpc) is 2.43. The zero-order chi connectivity index (χ0) is 14.6. The number of sulfonamides is 1. The minimum absolute atomic E-state index is 0.00822. The first kappa shape index (κ1) is 15.9. The molecule has 1 aromatic rings. The molecule has 1 aromatic heterocycles. The maximum Gasteiger partial charge on any atom is 0.242 e. The van der Waals surface area contributed by atoms with Gasteiger partial charge in [-0.25, -0.2) is 18.1 Å². The molecular weight excluding hydrogens is 325 g/mol. The maximum atomic E-state index is 12.0. The Morgan fingerprint density at radius 3 is 2.70 bits per heavy atom. The van der Waals surface area contributed by atoms with Crippen LogP contribution in [0.3, 0.4) is 0 Å². The van der Waals surface area contributed by atoms with Gasteiger partial charge in [0, 0.05) is 32.4 Å². The SMILES string of the molecule is O=S(=O)(NCCN1CCOCC1)c1cnc(Cl)c(Cl)c1. The van der Waals surface area contributed by atoms with Crippen molar-refractivity contribution in [1.29, 1.82) is 0 Å². The first-order valence-corrected chi connectivity index (χ1v) is 8.34. The van der Waals surface area contributed by atoms with Crippen LogP contribution in [0.4, 0.5) is 0 Å². The molecule has 0 unspecified atom stereocenters. The van der Waals surface area contributed by atoms with Gasteiger partial charge in [-0.1, -0.05) is 23.2 Å². The van der Waals surface area contributed by atoms with Gasteiger partial charge in [-0.2, -0.15) is 0 Å². The quantitative estimate of drug-likeness (QED) is 0.810. The Hall–Kier alpha value is -0.440. The van der Waals surface area contributed by atoms with Crippen LogP contribution in [0.2, 0.25) is 10.2 Å². The van der Waals surface area contributed by atoms with Gasteiger partial charge in [-0.05, 0) is 6.07 Å². The standard InChI is InChI=1S/C11H15Cl2N3O3S/c12-10-7-9(8-14-11(10)13)20(17,18)15-1-2-16-3-5-19-6-4-16/h7-8,15H,1-6H2. The summed E-state index contributed by atoms with van der Waals surface area (Å²) in [6, 6.07) is 1.29. The van der Waals surface area contributed by atoms with Crippen molar-refractivity contribution in [2.75, 3.05) is 39.4 Å². The number of hydrogen-bond donors (Lipinski definition) is 1. The zero-order valence-electron chi connectivity index (χ0n) is 10.7. The van der Waals surface area contributed by atoms with E-state index in [-0.39, 0.29) is 15.1 Å². The lowest BCUT2D eigenvalue weighted by Crippen LogP contribution is -2.41. The minimum Gasteiger partial charge on any atom is -0.379 e. The molecule has 2 heterocycles. The second kappa shape index (κ2) is 7.02. The molecule has 1 aliphatic rings. The van der Waals surface area contributed by atoms with Gasteiger partial charge in [0.1, 0.15) is 10.0 Å². The van der Waals surface area contributed by atoms with Crippen LogP contribution >= 0.6 is 23.2 Å². The van der Waals surface area contributed by atoms with E-state index in [1.807, 2.05) is 0 Å². The van der Waals surface area contributed by atoms with Crippen molar-refractivity contribution in [3.05, 3.63) is 22.4 Å². The molecule has 112 valence electrons. The number of pyridine rings is 1. The summed E-state index contributed by atoms with van der Waals surface area (Å²) in [4.78, 5) is 5.88. The molecule has 0 amide bonds. The average molecular weight is 340 g/mol. The molecule has 2 rings (SSSR count). The smallest absolute Gasteiger partial charge is 0.242 e. The summed E-state index contributed by atoms with van der Waals surface area (Å²) >= 11 is 11.4. The molecule has 20 heavy (non-hydrogen) atoms. The topological polar surface area (TPSA) is 71.5 Å². The van der Waals surface area contributed by atoms with Crippen LogP contribution in [0, 0.1) is 0 Å². The summed E-state index contributed by atoms with van der Waals surface area (Å²) in [6.45, 7) is 3.96. The molecule has 0 spiro atoms. The van der Waals surface area contributed by atoms with E-state index < -0.39 is 10.0 Å². The number of hydrogen-bond acceptors (Lipinski definition) is 5. The summed E-state index contributed by atoms with van der Waals surface area (Å²) in [5, 5.41) is 0.196. The van der Waals surface area contributed by atoms with Gasteiger partial charge in [0.2, 0.25) is 10.0 Å². The summed E-state index contributed by atoms with van der Waals surface area (Å²) in [6.07, 6.45) is 1.19. The van der Waals surface area contributed by atoms with E-state index in [0.717, 1.165) is 13.1 Å². The number of rotatable bonds is 5. The maximum absolute atomic E-state index is 12.0. The molecule has 0 aromatic carbocycles. The van der Waals surface area contributed by atoms with E-state index in [0.29, 0.717) is 26.3 Å². The minimum atomic E-state index is -3.61. The third-order valence-electron chi connectivity index (χ3n) is 2.91. The normalized spacial score (nSPS) is 17.3. The van der Waals surface area contributed by atoms with Crippen LogP contribution < -0.4 is 4.72 Å². The molecule has 1 fully saturated rings. The number of aromatic nitrogens is 1. The van der Waals surface area contributed by atoms with Gasteiger partial charge in [0.05, 0.1) is 18.2 Å². The van der Waals surface area contributed by atoms with Crippen molar-refractivity contribution < 1.29 is 13.2 Å². The van der Waals surface area contributed by atoms with Gasteiger partial charge in [0.15, 0.2) is 0 Å². The fraction of sp³-hybridized carbons (Fsp3) is 0.545. The van der Waals surface area contributed by atoms with Gasteiger partial charge in [-0.15, -0.1) is 0 Å². The number of ether oxygens (including phenoxy) is 1. The molecule has 0 bridgehead atoms. The van der Waals surface area contributed by atoms with Gasteiger partial charge < -0.3 is 4.74 Å². The highest BCUT2D eigenvalue weighted by Crippen LogP contribution is 2.21. The Labute approximate surface area is 128 Å². The van der Waals surface area contributed by atoms with Crippen molar-refractivity contribution in [3.8, 4) is 0 Å². The van der Waals surface area contributed by atoms with Crippen molar-refractivity contribution >= 4 is 33.2 Å². The largest absolute Gasteiger partial charge is 0.379 e. The fourth-order valence-electron chi connectivity index (χ4n) is 1.80. The second-order valence-electron chi connectivity index (χ2n) is 4.30. The van der Waals surface area contributed by atoms with Crippen LogP contribution in [-0.4, -0.2) is 57.7 Å². The fourth-order valence-corrected chi connectivity index (χ4v) is 3.12. The highest BCUT2D eigenvalue weighted by atomic mass is 35.5. The van der Waals surface area contributed by atoms with Crippen LogP contribution in [-0.2, 0) is 14.8 Å². The summed E-state index contributed by atoms with van der Waals surface area (Å²) in [7, 11) is -3.61. The van der Waals surface area contributed by atoms with Crippen LogP contribution in [0.5, 0.6) is 0 Å². The Bertz CT molecular complexity index is 562. The number of nitrogens with zero attached hydrogens (tertiary/aromatic N) is 2. The lowest BCUT2D eigenvalue weighted by molar-refractivity contribution is 0.0390. The molecule has 0 atom stereocenters. The molecular formula is C11H15Cl2N3O3S. The van der Waals surface area contributed by atoms with E-state index in [4.69, 9.17) is 27.9 Å². The molecule has 1 saturated heterocycles. The summed E-state index contributed by atoms with van der Waals surface area (Å²) in [5.74, 6) is 0. The third kappa shape index (κ3) is 4.28. The van der Waals surface area contributed by atoms with Crippen molar-refractivity contribution in [1.82, 2.24) is 14.6 Å². The molecule has 0 radical (unpaired) electrons. The molecule has 6 nitrogen and oxygen atoms in total. The molecule has 1 aliphatic heterocycles. The van der Waals surface area contributed by atoms with E-state index >= 15 is 0 Å². The van der Waals surface area contributed by atoms with Gasteiger partial charge >= 0.3 is 0 Å². The van der Waals surface area contributed by atoms with Crippen LogP contribution in [0.1, 0.15) is 0 Å². The molecule has 0 saturated carbocycles. The Kier molecular flexibility index (Phi) is 5.59. The van der Waals surface area contributed by atoms with Crippen LogP contribution in [0.15, 0.2) is 17.2 Å². The number of nitrogens with one attached hydrogen (secondary N) is 1. The molecule has 0 aliphatic carbocycles. The Morgan fingerprint density at radius 1 is 1.35 bits per heavy atom. The lowest BCUT2D eigenvalue weighted by atomic mass is 10.4. The summed E-state index contributed by atoms with van der Waals surface area (Å²) in [5.41, 5.74) is 0. The van der Waals surface area contributed by atoms with Crippen molar-refractivity contribution in [3.63, 3.8) is 0 Å². The predicted octanol–water partition coefficient (Wildman–Crippen LogP) is 0.999. The molecule has 9 heteroatoms. The predicted molar refractivity (Wildman–Crippen MR) is 76.7 cm³/mol.